The van der Waals surface area contributed by atoms with Crippen LogP contribution in [-0.4, -0.2) is 10.5 Å². The fourth-order valence-corrected chi connectivity index (χ4v) is 1.88. The zero-order valence-electron chi connectivity index (χ0n) is 8.29. The fourth-order valence-electron chi connectivity index (χ4n) is 1.34. The van der Waals surface area contributed by atoms with Crippen LogP contribution in [0.2, 0.25) is 0 Å². The average Bonchev–Trinajstić information content (AvgIpc) is 2.96. The zero-order valence-corrected chi connectivity index (χ0v) is 9.87. The second kappa shape index (κ2) is 3.81. The van der Waals surface area contributed by atoms with Gasteiger partial charge in [-0.05, 0) is 34.8 Å². The number of hydrogen-bond acceptors (Lipinski definition) is 2. The largest absolute Gasteiger partial charge is 0.321 e. The SMILES string of the molecule is Cn1cc(Br)cc(NC(=O)C2CC2)c1=O. The van der Waals surface area contributed by atoms with E-state index in [2.05, 4.69) is 21.2 Å². The van der Waals surface area contributed by atoms with Gasteiger partial charge in [0.2, 0.25) is 5.91 Å². The van der Waals surface area contributed by atoms with Crippen molar-refractivity contribution in [2.45, 2.75) is 12.8 Å². The molecule has 0 bridgehead atoms. The summed E-state index contributed by atoms with van der Waals surface area (Å²) in [6, 6.07) is 1.63. The van der Waals surface area contributed by atoms with Crippen molar-refractivity contribution in [2.24, 2.45) is 13.0 Å². The standard InChI is InChI=1S/C10H11BrN2O2/c1-13-5-7(11)4-8(10(13)15)12-9(14)6-2-3-6/h4-6H,2-3H2,1H3,(H,12,14). The Morgan fingerprint density at radius 1 is 1.60 bits per heavy atom. The maximum absolute atomic E-state index is 11.6. The molecule has 0 radical (unpaired) electrons. The fraction of sp³-hybridized carbons (Fsp3) is 0.400. The van der Waals surface area contributed by atoms with Crippen LogP contribution in [0.15, 0.2) is 21.5 Å². The van der Waals surface area contributed by atoms with Crippen LogP contribution in [0, 0.1) is 5.92 Å². The third-order valence-corrected chi connectivity index (χ3v) is 2.79. The average molecular weight is 271 g/mol. The van der Waals surface area contributed by atoms with E-state index in [0.717, 1.165) is 17.3 Å². The molecule has 0 unspecified atom stereocenters. The highest BCUT2D eigenvalue weighted by atomic mass is 79.9. The van der Waals surface area contributed by atoms with Gasteiger partial charge in [0.15, 0.2) is 0 Å². The van der Waals surface area contributed by atoms with Gasteiger partial charge < -0.3 is 9.88 Å². The van der Waals surface area contributed by atoms with Crippen molar-refractivity contribution in [3.63, 3.8) is 0 Å². The Labute approximate surface area is 95.4 Å². The number of aryl methyl sites for hydroxylation is 1. The van der Waals surface area contributed by atoms with E-state index >= 15 is 0 Å². The van der Waals surface area contributed by atoms with Gasteiger partial charge in [0, 0.05) is 23.6 Å². The molecule has 1 aliphatic rings. The van der Waals surface area contributed by atoms with E-state index in [0.29, 0.717) is 5.69 Å². The van der Waals surface area contributed by atoms with Crippen molar-refractivity contribution in [3.05, 3.63) is 27.1 Å². The monoisotopic (exact) mass is 270 g/mol. The Morgan fingerprint density at radius 2 is 2.27 bits per heavy atom. The van der Waals surface area contributed by atoms with Crippen molar-refractivity contribution < 1.29 is 4.79 Å². The van der Waals surface area contributed by atoms with Crippen LogP contribution < -0.4 is 10.9 Å². The molecule has 0 atom stereocenters. The van der Waals surface area contributed by atoms with Crippen LogP contribution >= 0.6 is 15.9 Å². The number of nitrogens with one attached hydrogen (secondary N) is 1. The molecule has 1 saturated carbocycles. The molecular weight excluding hydrogens is 260 g/mol. The molecule has 1 N–H and O–H groups in total. The van der Waals surface area contributed by atoms with Crippen molar-refractivity contribution in [1.29, 1.82) is 0 Å². The second-order valence-corrected chi connectivity index (χ2v) is 4.67. The number of pyridine rings is 1. The van der Waals surface area contributed by atoms with Crippen molar-refractivity contribution in [1.82, 2.24) is 4.57 Å². The van der Waals surface area contributed by atoms with Gasteiger partial charge in [-0.1, -0.05) is 0 Å². The number of hydrogen-bond donors (Lipinski definition) is 1. The van der Waals surface area contributed by atoms with E-state index in [-0.39, 0.29) is 17.4 Å². The minimum Gasteiger partial charge on any atom is -0.321 e. The predicted molar refractivity (Wildman–Crippen MR) is 60.7 cm³/mol. The van der Waals surface area contributed by atoms with Crippen LogP contribution in [-0.2, 0) is 11.8 Å². The Kier molecular flexibility index (Phi) is 2.65. The van der Waals surface area contributed by atoms with E-state index in [1.54, 1.807) is 19.3 Å². The first-order chi connectivity index (χ1) is 7.08. The molecule has 0 aliphatic heterocycles. The van der Waals surface area contributed by atoms with Gasteiger partial charge in [-0.2, -0.15) is 0 Å². The smallest absolute Gasteiger partial charge is 0.274 e. The zero-order chi connectivity index (χ0) is 11.0. The molecule has 80 valence electrons. The molecule has 1 aromatic heterocycles. The summed E-state index contributed by atoms with van der Waals surface area (Å²) in [6.45, 7) is 0. The van der Waals surface area contributed by atoms with Gasteiger partial charge in [-0.15, -0.1) is 0 Å². The minimum atomic E-state index is -0.188. The summed E-state index contributed by atoms with van der Waals surface area (Å²) < 4.78 is 2.21. The number of amides is 1. The first-order valence-electron chi connectivity index (χ1n) is 4.75. The number of anilines is 1. The lowest BCUT2D eigenvalue weighted by atomic mass is 10.3. The molecule has 0 saturated heterocycles. The molecule has 0 spiro atoms. The minimum absolute atomic E-state index is 0.0507. The Hall–Kier alpha value is -1.10. The van der Waals surface area contributed by atoms with E-state index in [9.17, 15) is 9.59 Å². The van der Waals surface area contributed by atoms with E-state index < -0.39 is 0 Å². The highest BCUT2D eigenvalue weighted by Gasteiger charge is 2.30. The molecule has 1 amide bonds. The summed E-state index contributed by atoms with van der Waals surface area (Å²) in [6.07, 6.45) is 3.52. The normalized spacial score (nSPS) is 15.1. The number of carbonyl (C=O) groups is 1. The van der Waals surface area contributed by atoms with Crippen LogP contribution in [0.3, 0.4) is 0 Å². The highest BCUT2D eigenvalue weighted by molar-refractivity contribution is 9.10. The molecule has 4 nitrogen and oxygen atoms in total. The van der Waals surface area contributed by atoms with Crippen LogP contribution in [0.5, 0.6) is 0 Å². The van der Waals surface area contributed by atoms with Crippen LogP contribution in [0.1, 0.15) is 12.8 Å². The molecule has 1 aromatic rings. The second-order valence-electron chi connectivity index (χ2n) is 3.75. The van der Waals surface area contributed by atoms with E-state index in [1.165, 1.54) is 4.57 Å². The summed E-state index contributed by atoms with van der Waals surface area (Å²) in [5.74, 6) is 0.0545. The summed E-state index contributed by atoms with van der Waals surface area (Å²) in [7, 11) is 1.65. The van der Waals surface area contributed by atoms with Gasteiger partial charge in [0.25, 0.3) is 5.56 Å². The third-order valence-electron chi connectivity index (χ3n) is 2.36. The molecule has 1 fully saturated rings. The lowest BCUT2D eigenvalue weighted by Crippen LogP contribution is -2.24. The first-order valence-corrected chi connectivity index (χ1v) is 5.54. The van der Waals surface area contributed by atoms with Crippen LogP contribution in [0.25, 0.3) is 0 Å². The number of carbonyl (C=O) groups excluding carboxylic acids is 1. The van der Waals surface area contributed by atoms with Gasteiger partial charge in [-0.25, -0.2) is 0 Å². The quantitative estimate of drug-likeness (QED) is 0.886. The number of rotatable bonds is 2. The predicted octanol–water partition coefficient (Wildman–Crippen LogP) is 1.50. The summed E-state index contributed by atoms with van der Waals surface area (Å²) in [4.78, 5) is 23.1. The summed E-state index contributed by atoms with van der Waals surface area (Å²) >= 11 is 3.28. The number of nitrogens with zero attached hydrogens (tertiary/aromatic N) is 1. The molecule has 0 aromatic carbocycles. The lowest BCUT2D eigenvalue weighted by Gasteiger charge is -2.06. The van der Waals surface area contributed by atoms with E-state index in [4.69, 9.17) is 0 Å². The van der Waals surface area contributed by atoms with Gasteiger partial charge in [0.05, 0.1) is 0 Å². The molecular formula is C10H11BrN2O2. The summed E-state index contributed by atoms with van der Waals surface area (Å²) in [5.41, 5.74) is 0.149. The topological polar surface area (TPSA) is 51.1 Å². The Morgan fingerprint density at radius 3 is 2.87 bits per heavy atom. The van der Waals surface area contributed by atoms with Crippen molar-refractivity contribution in [2.75, 3.05) is 5.32 Å². The molecule has 1 heterocycles. The van der Waals surface area contributed by atoms with Gasteiger partial charge in [-0.3, -0.25) is 9.59 Å². The Bertz CT molecular complexity index is 463. The van der Waals surface area contributed by atoms with Gasteiger partial charge in [0.1, 0.15) is 5.69 Å². The molecule has 1 aliphatic carbocycles. The molecule has 2 rings (SSSR count). The van der Waals surface area contributed by atoms with Crippen LogP contribution in [0.4, 0.5) is 5.69 Å². The molecule has 15 heavy (non-hydrogen) atoms. The number of halogens is 1. The summed E-state index contributed by atoms with van der Waals surface area (Å²) in [5, 5.41) is 2.65. The van der Waals surface area contributed by atoms with Gasteiger partial charge >= 0.3 is 0 Å². The third kappa shape index (κ3) is 2.28. The highest BCUT2D eigenvalue weighted by Crippen LogP contribution is 2.29. The van der Waals surface area contributed by atoms with E-state index in [1.807, 2.05) is 0 Å². The maximum atomic E-state index is 11.6. The lowest BCUT2D eigenvalue weighted by molar-refractivity contribution is -0.117. The van der Waals surface area contributed by atoms with Crippen molar-refractivity contribution >= 4 is 27.5 Å². The molecule has 5 heteroatoms. The maximum Gasteiger partial charge on any atom is 0.274 e. The Balaban J connectivity index is 2.27. The first kappa shape index (κ1) is 10.4. The number of aromatic nitrogens is 1. The van der Waals surface area contributed by atoms with Crippen molar-refractivity contribution in [3.8, 4) is 0 Å².